The van der Waals surface area contributed by atoms with Crippen LogP contribution in [0.5, 0.6) is 0 Å². The number of hydrogen-bond donors (Lipinski definition) is 1. The second-order valence-electron chi connectivity index (χ2n) is 8.80. The molecule has 2 saturated heterocycles. The average Bonchev–Trinajstić information content (AvgIpc) is 3.25. The van der Waals surface area contributed by atoms with Crippen LogP contribution in [0.4, 0.5) is 4.39 Å². The molecular formula is C23H28FN5O2. The molecule has 1 atom stereocenters. The molecule has 0 aliphatic carbocycles. The molecule has 8 heteroatoms. The Bertz CT molecular complexity index is 959. The molecule has 1 unspecified atom stereocenters. The lowest BCUT2D eigenvalue weighted by molar-refractivity contribution is 0.0585. The number of carbonyl (C=O) groups is 2. The third-order valence-corrected chi connectivity index (χ3v) is 6.81. The summed E-state index contributed by atoms with van der Waals surface area (Å²) >= 11 is 0. The molecule has 3 aliphatic heterocycles. The standard InChI is InChI=1S/C23H28FN5O2/c24-17-6-4-16(5-7-17)19-14-29-15-20(25-21(29)22(30)26-19)23(31)28-12-8-18(9-13-28)27-10-2-1-3-11-27/h4-7,15,18-19H,1-3,8-14H2,(H,26,30). The van der Waals surface area contributed by atoms with Crippen molar-refractivity contribution in [2.24, 2.45) is 0 Å². The summed E-state index contributed by atoms with van der Waals surface area (Å²) in [5.74, 6) is -0.482. The molecule has 0 saturated carbocycles. The maximum absolute atomic E-state index is 13.2. The highest BCUT2D eigenvalue weighted by molar-refractivity contribution is 5.96. The van der Waals surface area contributed by atoms with E-state index >= 15 is 0 Å². The van der Waals surface area contributed by atoms with E-state index in [1.54, 1.807) is 22.9 Å². The van der Waals surface area contributed by atoms with Crippen molar-refractivity contribution in [1.29, 1.82) is 0 Å². The van der Waals surface area contributed by atoms with Crippen LogP contribution in [0.1, 0.15) is 64.8 Å². The number of hydrogen-bond acceptors (Lipinski definition) is 4. The van der Waals surface area contributed by atoms with Gasteiger partial charge in [0.2, 0.25) is 0 Å². The first-order chi connectivity index (χ1) is 15.1. The minimum atomic E-state index is -0.316. The van der Waals surface area contributed by atoms with Crippen molar-refractivity contribution in [3.8, 4) is 0 Å². The van der Waals surface area contributed by atoms with E-state index in [1.807, 2.05) is 4.90 Å². The number of fused-ring (bicyclic) bond motifs is 1. The molecule has 2 fully saturated rings. The highest BCUT2D eigenvalue weighted by Gasteiger charge is 2.32. The number of amides is 2. The fraction of sp³-hybridized carbons (Fsp3) is 0.522. The van der Waals surface area contributed by atoms with Crippen LogP contribution in [0.15, 0.2) is 30.5 Å². The predicted molar refractivity (Wildman–Crippen MR) is 113 cm³/mol. The number of likely N-dealkylation sites (tertiary alicyclic amines) is 2. The molecule has 0 radical (unpaired) electrons. The van der Waals surface area contributed by atoms with Crippen molar-refractivity contribution in [2.45, 2.75) is 50.7 Å². The largest absolute Gasteiger partial charge is 0.341 e. The van der Waals surface area contributed by atoms with E-state index in [0.717, 1.165) is 31.5 Å². The smallest absolute Gasteiger partial charge is 0.287 e. The summed E-state index contributed by atoms with van der Waals surface area (Å²) in [7, 11) is 0. The Morgan fingerprint density at radius 1 is 1.03 bits per heavy atom. The van der Waals surface area contributed by atoms with Gasteiger partial charge in [-0.25, -0.2) is 9.37 Å². The second-order valence-corrected chi connectivity index (χ2v) is 8.80. The molecule has 1 N–H and O–H groups in total. The maximum Gasteiger partial charge on any atom is 0.287 e. The van der Waals surface area contributed by atoms with Crippen molar-refractivity contribution >= 4 is 11.8 Å². The second kappa shape index (κ2) is 8.42. The van der Waals surface area contributed by atoms with Crippen LogP contribution in [0.25, 0.3) is 0 Å². The molecule has 0 spiro atoms. The third-order valence-electron chi connectivity index (χ3n) is 6.81. The number of carbonyl (C=O) groups excluding carboxylic acids is 2. The topological polar surface area (TPSA) is 70.5 Å². The van der Waals surface area contributed by atoms with Crippen LogP contribution in [0, 0.1) is 5.82 Å². The van der Waals surface area contributed by atoms with Crippen molar-refractivity contribution in [3.05, 3.63) is 53.4 Å². The van der Waals surface area contributed by atoms with Gasteiger partial charge >= 0.3 is 0 Å². The normalized spacial score (nSPS) is 22.8. The fourth-order valence-electron chi connectivity index (χ4n) is 5.07. The molecule has 1 aromatic heterocycles. The summed E-state index contributed by atoms with van der Waals surface area (Å²) in [4.78, 5) is 34.4. The summed E-state index contributed by atoms with van der Waals surface area (Å²) in [6, 6.07) is 6.39. The monoisotopic (exact) mass is 425 g/mol. The average molecular weight is 426 g/mol. The Morgan fingerprint density at radius 2 is 1.74 bits per heavy atom. The molecule has 4 heterocycles. The van der Waals surface area contributed by atoms with Gasteiger partial charge in [-0.05, 0) is 56.5 Å². The number of nitrogens with zero attached hydrogens (tertiary/aromatic N) is 4. The van der Waals surface area contributed by atoms with Gasteiger partial charge in [0, 0.05) is 31.9 Å². The first-order valence-electron chi connectivity index (χ1n) is 11.3. The van der Waals surface area contributed by atoms with Crippen LogP contribution in [0.2, 0.25) is 0 Å². The first kappa shape index (κ1) is 20.2. The lowest BCUT2D eigenvalue weighted by Gasteiger charge is -2.40. The zero-order chi connectivity index (χ0) is 21.4. The molecule has 7 nitrogen and oxygen atoms in total. The number of halogens is 1. The highest BCUT2D eigenvalue weighted by Crippen LogP contribution is 2.24. The number of benzene rings is 1. The predicted octanol–water partition coefficient (Wildman–Crippen LogP) is 2.60. The SMILES string of the molecule is O=C1NC(c2ccc(F)cc2)Cn2cc(C(=O)N3CCC(N4CCCCC4)CC3)nc21. The minimum absolute atomic E-state index is 0.106. The van der Waals surface area contributed by atoms with Crippen LogP contribution in [-0.4, -0.2) is 63.4 Å². The van der Waals surface area contributed by atoms with Crippen LogP contribution < -0.4 is 5.32 Å². The summed E-state index contributed by atoms with van der Waals surface area (Å²) < 4.78 is 15.0. The number of piperidine rings is 2. The lowest BCUT2D eigenvalue weighted by Crippen LogP contribution is -2.48. The van der Waals surface area contributed by atoms with Crippen molar-refractivity contribution in [2.75, 3.05) is 26.2 Å². The van der Waals surface area contributed by atoms with Gasteiger partial charge < -0.3 is 19.7 Å². The number of imidazole rings is 1. The fourth-order valence-corrected chi connectivity index (χ4v) is 5.07. The van der Waals surface area contributed by atoms with Gasteiger partial charge in [-0.15, -0.1) is 0 Å². The van der Waals surface area contributed by atoms with E-state index in [4.69, 9.17) is 0 Å². The van der Waals surface area contributed by atoms with Crippen LogP contribution >= 0.6 is 0 Å². The molecule has 31 heavy (non-hydrogen) atoms. The third kappa shape index (κ3) is 4.08. The van der Waals surface area contributed by atoms with Gasteiger partial charge in [-0.2, -0.15) is 0 Å². The Morgan fingerprint density at radius 3 is 2.45 bits per heavy atom. The summed E-state index contributed by atoms with van der Waals surface area (Å²) in [5, 5.41) is 2.91. The van der Waals surface area contributed by atoms with E-state index in [-0.39, 0.29) is 29.5 Å². The molecule has 2 aromatic rings. The van der Waals surface area contributed by atoms with Crippen molar-refractivity contribution < 1.29 is 14.0 Å². The quantitative estimate of drug-likeness (QED) is 0.821. The summed E-state index contributed by atoms with van der Waals surface area (Å²) in [6.45, 7) is 4.27. The lowest BCUT2D eigenvalue weighted by atomic mass is 10.00. The van der Waals surface area contributed by atoms with E-state index < -0.39 is 0 Å². The molecule has 3 aliphatic rings. The van der Waals surface area contributed by atoms with Crippen LogP contribution in [0.3, 0.4) is 0 Å². The Kier molecular flexibility index (Phi) is 5.48. The molecule has 2 amide bonds. The van der Waals surface area contributed by atoms with Gasteiger partial charge in [0.25, 0.3) is 11.8 Å². The van der Waals surface area contributed by atoms with E-state index in [2.05, 4.69) is 15.2 Å². The Labute approximate surface area is 181 Å². The van der Waals surface area contributed by atoms with E-state index in [9.17, 15) is 14.0 Å². The molecule has 1 aromatic carbocycles. The van der Waals surface area contributed by atoms with Gasteiger partial charge in [0.05, 0.1) is 6.04 Å². The number of nitrogens with one attached hydrogen (secondary N) is 1. The Balaban J connectivity index is 1.25. The van der Waals surface area contributed by atoms with Gasteiger partial charge in [0.15, 0.2) is 5.82 Å². The maximum atomic E-state index is 13.2. The van der Waals surface area contributed by atoms with E-state index in [0.29, 0.717) is 18.3 Å². The number of rotatable bonds is 3. The van der Waals surface area contributed by atoms with Crippen molar-refractivity contribution in [3.63, 3.8) is 0 Å². The minimum Gasteiger partial charge on any atom is -0.341 e. The Hall–Kier alpha value is -2.74. The summed E-state index contributed by atoms with van der Waals surface area (Å²) in [5.41, 5.74) is 1.14. The van der Waals surface area contributed by atoms with Gasteiger partial charge in [-0.3, -0.25) is 9.59 Å². The zero-order valence-electron chi connectivity index (χ0n) is 17.6. The van der Waals surface area contributed by atoms with Crippen LogP contribution in [-0.2, 0) is 6.54 Å². The van der Waals surface area contributed by atoms with Crippen molar-refractivity contribution in [1.82, 2.24) is 24.7 Å². The molecule has 164 valence electrons. The first-order valence-corrected chi connectivity index (χ1v) is 11.3. The summed E-state index contributed by atoms with van der Waals surface area (Å²) in [6.07, 6.45) is 7.55. The van der Waals surface area contributed by atoms with Gasteiger partial charge in [0.1, 0.15) is 11.5 Å². The van der Waals surface area contributed by atoms with Gasteiger partial charge in [-0.1, -0.05) is 18.6 Å². The van der Waals surface area contributed by atoms with E-state index in [1.165, 1.54) is 44.5 Å². The molecule has 0 bridgehead atoms. The molecular weight excluding hydrogens is 397 g/mol. The number of aromatic nitrogens is 2. The molecule has 5 rings (SSSR count). The zero-order valence-corrected chi connectivity index (χ0v) is 17.6. The highest BCUT2D eigenvalue weighted by atomic mass is 19.1.